The fourth-order valence-electron chi connectivity index (χ4n) is 5.46. The van der Waals surface area contributed by atoms with Crippen LogP contribution in [0.1, 0.15) is 53.5 Å². The zero-order valence-electron chi connectivity index (χ0n) is 23.4. The SMILES string of the molecule is Cc1cccc(CN2CC3N(C(=O)OCc4cc(C(F)(F)F)cc(C(F)(F)F)c4)CCC(=O)N3[C@@H](CCCCN)C2=O)c1. The molecule has 2 heterocycles. The second-order valence-electron chi connectivity index (χ2n) is 10.7. The van der Waals surface area contributed by atoms with Gasteiger partial charge in [0.15, 0.2) is 0 Å². The van der Waals surface area contributed by atoms with Gasteiger partial charge < -0.3 is 20.3 Å². The Balaban J connectivity index is 1.58. The molecule has 2 fully saturated rings. The number of benzene rings is 2. The van der Waals surface area contributed by atoms with E-state index in [-0.39, 0.29) is 43.9 Å². The first-order valence-electron chi connectivity index (χ1n) is 13.8. The molecule has 0 aromatic heterocycles. The van der Waals surface area contributed by atoms with Crippen LogP contribution in [0.15, 0.2) is 42.5 Å². The molecule has 0 spiro atoms. The molecule has 0 aliphatic carbocycles. The molecule has 2 aromatic carbocycles. The summed E-state index contributed by atoms with van der Waals surface area (Å²) in [6, 6.07) is 7.59. The normalized spacial score (nSPS) is 19.5. The summed E-state index contributed by atoms with van der Waals surface area (Å²) in [5.74, 6) is -0.634. The van der Waals surface area contributed by atoms with Crippen molar-refractivity contribution in [2.75, 3.05) is 19.6 Å². The van der Waals surface area contributed by atoms with Crippen LogP contribution in [0.25, 0.3) is 0 Å². The standard InChI is InChI=1S/C29H32F6N4O4/c1-18-5-4-6-19(11-18)15-37-16-24-38(10-8-25(40)39(24)23(26(37)41)7-2-3-9-36)27(42)43-17-20-12-21(28(30,31)32)14-22(13-20)29(33,34)35/h4-6,11-14,23-24H,2-3,7-10,15-17,36H2,1H3/t23-,24?/m0/s1. The van der Waals surface area contributed by atoms with Gasteiger partial charge in [-0.2, -0.15) is 26.3 Å². The quantitative estimate of drug-likeness (QED) is 0.331. The summed E-state index contributed by atoms with van der Waals surface area (Å²) in [6.45, 7) is 1.47. The van der Waals surface area contributed by atoms with Crippen molar-refractivity contribution in [1.29, 1.82) is 0 Å². The molecule has 2 atom stereocenters. The molecule has 3 amide bonds. The Labute approximate surface area is 244 Å². The van der Waals surface area contributed by atoms with Crippen molar-refractivity contribution in [2.24, 2.45) is 5.73 Å². The number of nitrogens with two attached hydrogens (primary N) is 1. The number of halogens is 6. The summed E-state index contributed by atoms with van der Waals surface area (Å²) >= 11 is 0. The minimum Gasteiger partial charge on any atom is -0.444 e. The number of rotatable bonds is 8. The van der Waals surface area contributed by atoms with Crippen molar-refractivity contribution in [3.63, 3.8) is 0 Å². The number of piperazine rings is 1. The molecule has 2 saturated heterocycles. The van der Waals surface area contributed by atoms with Gasteiger partial charge in [-0.15, -0.1) is 0 Å². The second-order valence-corrected chi connectivity index (χ2v) is 10.7. The number of fused-ring (bicyclic) bond motifs is 1. The fraction of sp³-hybridized carbons (Fsp3) is 0.483. The highest BCUT2D eigenvalue weighted by Crippen LogP contribution is 2.37. The predicted octanol–water partition coefficient (Wildman–Crippen LogP) is 5.07. The third kappa shape index (κ3) is 7.59. The summed E-state index contributed by atoms with van der Waals surface area (Å²) in [5, 5.41) is 0. The molecule has 8 nitrogen and oxygen atoms in total. The van der Waals surface area contributed by atoms with Crippen LogP contribution in [0.3, 0.4) is 0 Å². The molecule has 234 valence electrons. The van der Waals surface area contributed by atoms with Crippen LogP contribution in [0.4, 0.5) is 31.1 Å². The van der Waals surface area contributed by atoms with E-state index in [0.29, 0.717) is 37.9 Å². The van der Waals surface area contributed by atoms with Crippen LogP contribution in [0.5, 0.6) is 0 Å². The summed E-state index contributed by atoms with van der Waals surface area (Å²) in [5.41, 5.74) is 3.88. The summed E-state index contributed by atoms with van der Waals surface area (Å²) < 4.78 is 84.9. The van der Waals surface area contributed by atoms with E-state index in [0.717, 1.165) is 11.1 Å². The van der Waals surface area contributed by atoms with Crippen molar-refractivity contribution in [2.45, 2.75) is 70.3 Å². The maximum atomic E-state index is 13.6. The van der Waals surface area contributed by atoms with Crippen LogP contribution in [0.2, 0.25) is 0 Å². The highest BCUT2D eigenvalue weighted by Gasteiger charge is 2.49. The van der Waals surface area contributed by atoms with Crippen LogP contribution in [-0.2, 0) is 39.8 Å². The van der Waals surface area contributed by atoms with E-state index in [2.05, 4.69) is 0 Å². The van der Waals surface area contributed by atoms with Crippen LogP contribution in [-0.4, -0.2) is 64.4 Å². The number of ether oxygens (including phenoxy) is 1. The Morgan fingerprint density at radius 1 is 0.977 bits per heavy atom. The largest absolute Gasteiger partial charge is 0.444 e. The molecule has 0 radical (unpaired) electrons. The lowest BCUT2D eigenvalue weighted by Crippen LogP contribution is -2.71. The van der Waals surface area contributed by atoms with Crippen molar-refractivity contribution < 1.29 is 45.5 Å². The van der Waals surface area contributed by atoms with Crippen LogP contribution < -0.4 is 5.73 Å². The van der Waals surface area contributed by atoms with Gasteiger partial charge in [0.2, 0.25) is 11.8 Å². The van der Waals surface area contributed by atoms with E-state index in [1.165, 1.54) is 9.80 Å². The summed E-state index contributed by atoms with van der Waals surface area (Å²) in [6.07, 6.45) is -10.8. The zero-order valence-corrected chi connectivity index (χ0v) is 23.4. The number of carbonyl (C=O) groups is 3. The van der Waals surface area contributed by atoms with Gasteiger partial charge in [0.25, 0.3) is 0 Å². The van der Waals surface area contributed by atoms with E-state index in [4.69, 9.17) is 10.5 Å². The maximum absolute atomic E-state index is 13.6. The highest BCUT2D eigenvalue weighted by atomic mass is 19.4. The van der Waals surface area contributed by atoms with Gasteiger partial charge in [-0.1, -0.05) is 29.8 Å². The number of aryl methyl sites for hydroxylation is 1. The first-order valence-corrected chi connectivity index (χ1v) is 13.8. The number of hydrogen-bond donors (Lipinski definition) is 1. The Bertz CT molecular complexity index is 1320. The van der Waals surface area contributed by atoms with Gasteiger partial charge in [-0.25, -0.2) is 4.79 Å². The lowest BCUT2D eigenvalue weighted by Gasteiger charge is -2.52. The van der Waals surface area contributed by atoms with Gasteiger partial charge in [0.1, 0.15) is 18.8 Å². The predicted molar refractivity (Wildman–Crippen MR) is 142 cm³/mol. The zero-order chi connectivity index (χ0) is 31.5. The molecular formula is C29H32F6N4O4. The van der Waals surface area contributed by atoms with E-state index in [1.54, 1.807) is 4.90 Å². The van der Waals surface area contributed by atoms with E-state index < -0.39 is 54.0 Å². The van der Waals surface area contributed by atoms with Crippen LogP contribution in [0, 0.1) is 6.92 Å². The number of unbranched alkanes of at least 4 members (excludes halogenated alkanes) is 1. The summed E-state index contributed by atoms with van der Waals surface area (Å²) in [7, 11) is 0. The molecule has 2 aliphatic heterocycles. The van der Waals surface area contributed by atoms with Crippen LogP contribution >= 0.6 is 0 Å². The summed E-state index contributed by atoms with van der Waals surface area (Å²) in [4.78, 5) is 44.0. The number of nitrogens with zero attached hydrogens (tertiary/aromatic N) is 3. The van der Waals surface area contributed by atoms with Gasteiger partial charge in [-0.05, 0) is 62.1 Å². The number of carbonyl (C=O) groups excluding carboxylic acids is 3. The highest BCUT2D eigenvalue weighted by molar-refractivity contribution is 5.90. The first kappa shape index (κ1) is 32.1. The fourth-order valence-corrected chi connectivity index (χ4v) is 5.46. The van der Waals surface area contributed by atoms with Gasteiger partial charge in [0.05, 0.1) is 17.7 Å². The molecule has 0 bridgehead atoms. The first-order chi connectivity index (χ1) is 20.2. The van der Waals surface area contributed by atoms with Crippen molar-refractivity contribution in [1.82, 2.24) is 14.7 Å². The smallest absolute Gasteiger partial charge is 0.416 e. The molecule has 43 heavy (non-hydrogen) atoms. The van der Waals surface area contributed by atoms with Gasteiger partial charge in [-0.3, -0.25) is 14.5 Å². The molecule has 0 saturated carbocycles. The van der Waals surface area contributed by atoms with Gasteiger partial charge >= 0.3 is 18.4 Å². The third-order valence-electron chi connectivity index (χ3n) is 7.48. The molecule has 2 N–H and O–H groups in total. The molecule has 2 aromatic rings. The van der Waals surface area contributed by atoms with Gasteiger partial charge in [0, 0.05) is 19.5 Å². The average Bonchev–Trinajstić information content (AvgIpc) is 2.93. The van der Waals surface area contributed by atoms with E-state index in [1.807, 2.05) is 31.2 Å². The Hall–Kier alpha value is -3.81. The minimum absolute atomic E-state index is 0.00783. The second kappa shape index (κ2) is 12.8. The maximum Gasteiger partial charge on any atom is 0.416 e. The number of amides is 3. The molecule has 14 heteroatoms. The lowest BCUT2D eigenvalue weighted by atomic mass is 9.98. The average molecular weight is 615 g/mol. The molecule has 4 rings (SSSR count). The Kier molecular flexibility index (Phi) is 9.57. The van der Waals surface area contributed by atoms with E-state index >= 15 is 0 Å². The Morgan fingerprint density at radius 3 is 2.26 bits per heavy atom. The molecule has 2 aliphatic rings. The van der Waals surface area contributed by atoms with E-state index in [9.17, 15) is 40.7 Å². The number of alkyl halides is 6. The minimum atomic E-state index is -5.05. The lowest BCUT2D eigenvalue weighted by molar-refractivity contribution is -0.169. The van der Waals surface area contributed by atoms with Crippen molar-refractivity contribution >= 4 is 17.9 Å². The number of hydrogen-bond acceptors (Lipinski definition) is 5. The van der Waals surface area contributed by atoms with Crippen molar-refractivity contribution in [3.8, 4) is 0 Å². The molecular weight excluding hydrogens is 582 g/mol. The third-order valence-corrected chi connectivity index (χ3v) is 7.48. The van der Waals surface area contributed by atoms with Crippen molar-refractivity contribution in [3.05, 3.63) is 70.3 Å². The molecule has 1 unspecified atom stereocenters. The topological polar surface area (TPSA) is 96.2 Å². The Morgan fingerprint density at radius 2 is 1.65 bits per heavy atom. The monoisotopic (exact) mass is 614 g/mol.